The molecule has 0 spiro atoms. The normalized spacial score (nSPS) is 42.5. The van der Waals surface area contributed by atoms with Crippen LogP contribution in [0.3, 0.4) is 0 Å². The minimum Gasteiger partial charge on any atom is -0.413 e. The van der Waals surface area contributed by atoms with E-state index in [2.05, 4.69) is 61.6 Å². The van der Waals surface area contributed by atoms with Gasteiger partial charge in [0.05, 0.1) is 12.2 Å². The lowest BCUT2D eigenvalue weighted by molar-refractivity contribution is -0.171. The zero-order chi connectivity index (χ0) is 22.0. The molecule has 0 aromatic rings. The summed E-state index contributed by atoms with van der Waals surface area (Å²) in [6.45, 7) is 21.1. The standard InChI is InChI=1S/C25H44O3Si/c1-16-17(15-26)14-19(27)22-18(16)10-11-20-24(5,6)21(12-13-25(20,22)7)28-29(8,9)23(2,3)4/h14-16,18-22,27H,10-13H2,1-9H3/t16-,18-,19?,20-,21-,22+,25-/m1/s1. The molecule has 0 aliphatic heterocycles. The van der Waals surface area contributed by atoms with E-state index < -0.39 is 14.4 Å². The molecule has 0 heterocycles. The van der Waals surface area contributed by atoms with Crippen molar-refractivity contribution < 1.29 is 14.3 Å². The van der Waals surface area contributed by atoms with E-state index in [9.17, 15) is 9.90 Å². The molecule has 7 atom stereocenters. The first kappa shape index (κ1) is 23.2. The summed E-state index contributed by atoms with van der Waals surface area (Å²) >= 11 is 0. The van der Waals surface area contributed by atoms with Gasteiger partial charge >= 0.3 is 0 Å². The highest BCUT2D eigenvalue weighted by atomic mass is 28.4. The average Bonchev–Trinajstić information content (AvgIpc) is 2.59. The van der Waals surface area contributed by atoms with Gasteiger partial charge < -0.3 is 9.53 Å². The molecule has 0 saturated heterocycles. The zero-order valence-corrected chi connectivity index (χ0v) is 21.2. The van der Waals surface area contributed by atoms with Crippen LogP contribution in [0.25, 0.3) is 0 Å². The Morgan fingerprint density at radius 3 is 2.34 bits per heavy atom. The molecule has 1 N–H and O–H groups in total. The fourth-order valence-electron chi connectivity index (χ4n) is 6.99. The number of aliphatic hydroxyl groups excluding tert-OH is 1. The molecule has 2 fully saturated rings. The van der Waals surface area contributed by atoms with E-state index in [-0.39, 0.29) is 33.8 Å². The van der Waals surface area contributed by atoms with Crippen molar-refractivity contribution in [1.29, 1.82) is 0 Å². The first-order chi connectivity index (χ1) is 13.2. The number of hydrogen-bond donors (Lipinski definition) is 1. The van der Waals surface area contributed by atoms with Crippen molar-refractivity contribution in [3.05, 3.63) is 11.6 Å². The first-order valence-electron chi connectivity index (χ1n) is 11.7. The van der Waals surface area contributed by atoms with Crippen LogP contribution in [0.2, 0.25) is 18.1 Å². The van der Waals surface area contributed by atoms with Gasteiger partial charge in [0.15, 0.2) is 8.32 Å². The summed E-state index contributed by atoms with van der Waals surface area (Å²) in [5.41, 5.74) is 0.985. The van der Waals surface area contributed by atoms with Crippen LogP contribution in [-0.4, -0.2) is 31.9 Å². The fourth-order valence-corrected chi connectivity index (χ4v) is 8.47. The average molecular weight is 421 g/mol. The topological polar surface area (TPSA) is 46.5 Å². The van der Waals surface area contributed by atoms with Crippen LogP contribution in [-0.2, 0) is 9.22 Å². The number of aliphatic hydroxyl groups is 1. The van der Waals surface area contributed by atoms with Gasteiger partial charge in [-0.25, -0.2) is 0 Å². The summed E-state index contributed by atoms with van der Waals surface area (Å²) in [5.74, 6) is 1.44. The second-order valence-corrected chi connectivity index (χ2v) is 17.4. The lowest BCUT2D eigenvalue weighted by Gasteiger charge is -2.64. The van der Waals surface area contributed by atoms with E-state index in [1.54, 1.807) is 0 Å². The highest BCUT2D eigenvalue weighted by Crippen LogP contribution is 2.65. The second kappa shape index (κ2) is 7.31. The Bertz CT molecular complexity index is 674. The Hall–Kier alpha value is -0.453. The summed E-state index contributed by atoms with van der Waals surface area (Å²) in [5, 5.41) is 11.3. The van der Waals surface area contributed by atoms with Crippen molar-refractivity contribution in [2.45, 2.75) is 104 Å². The predicted molar refractivity (Wildman–Crippen MR) is 122 cm³/mol. The highest BCUT2D eigenvalue weighted by molar-refractivity contribution is 6.74. The Kier molecular flexibility index (Phi) is 5.85. The molecule has 29 heavy (non-hydrogen) atoms. The van der Waals surface area contributed by atoms with E-state index in [0.29, 0.717) is 11.8 Å². The molecule has 166 valence electrons. The maximum Gasteiger partial charge on any atom is 0.192 e. The van der Waals surface area contributed by atoms with Crippen LogP contribution in [0.1, 0.15) is 74.1 Å². The van der Waals surface area contributed by atoms with Gasteiger partial charge in [-0.15, -0.1) is 0 Å². The van der Waals surface area contributed by atoms with Crippen LogP contribution in [0.15, 0.2) is 11.6 Å². The van der Waals surface area contributed by atoms with Crippen molar-refractivity contribution in [2.75, 3.05) is 0 Å². The first-order valence-corrected chi connectivity index (χ1v) is 14.6. The minimum absolute atomic E-state index is 0.0884. The SMILES string of the molecule is C[C@@H]1C(C=O)=CC(O)[C@@H]2[C@@H]1CC[C@@H]1C(C)(C)[C@H](O[Si](C)(C)C(C)(C)C)CC[C@@]21C. The number of fused-ring (bicyclic) bond motifs is 3. The largest absolute Gasteiger partial charge is 0.413 e. The smallest absolute Gasteiger partial charge is 0.192 e. The maximum absolute atomic E-state index is 11.5. The maximum atomic E-state index is 11.5. The molecule has 0 bridgehead atoms. The predicted octanol–water partition coefficient (Wildman–Crippen LogP) is 5.98. The van der Waals surface area contributed by atoms with Gasteiger partial charge in [0.25, 0.3) is 0 Å². The van der Waals surface area contributed by atoms with E-state index in [1.807, 2.05) is 6.08 Å². The second-order valence-electron chi connectivity index (χ2n) is 12.6. The van der Waals surface area contributed by atoms with E-state index >= 15 is 0 Å². The number of carbonyl (C=O) groups excluding carboxylic acids is 1. The summed E-state index contributed by atoms with van der Waals surface area (Å²) in [4.78, 5) is 11.5. The van der Waals surface area contributed by atoms with Gasteiger partial charge in [-0.1, -0.05) is 48.5 Å². The third-order valence-electron chi connectivity index (χ3n) is 9.76. The van der Waals surface area contributed by atoms with Crippen molar-refractivity contribution in [3.8, 4) is 0 Å². The van der Waals surface area contributed by atoms with E-state index in [4.69, 9.17) is 4.43 Å². The van der Waals surface area contributed by atoms with Gasteiger partial charge in [-0.05, 0) is 90.0 Å². The van der Waals surface area contributed by atoms with E-state index in [1.165, 1.54) is 6.42 Å². The van der Waals surface area contributed by atoms with Gasteiger partial charge in [0, 0.05) is 0 Å². The van der Waals surface area contributed by atoms with Gasteiger partial charge in [-0.3, -0.25) is 4.79 Å². The summed E-state index contributed by atoms with van der Waals surface area (Å²) in [6.07, 6.45) is 7.06. The van der Waals surface area contributed by atoms with Crippen molar-refractivity contribution >= 4 is 14.6 Å². The zero-order valence-electron chi connectivity index (χ0n) is 20.2. The number of hydrogen-bond acceptors (Lipinski definition) is 3. The molecule has 3 aliphatic carbocycles. The monoisotopic (exact) mass is 420 g/mol. The molecule has 3 rings (SSSR count). The Labute approximate surface area is 179 Å². The lowest BCUT2D eigenvalue weighted by atomic mass is 9.43. The van der Waals surface area contributed by atoms with E-state index in [0.717, 1.165) is 31.1 Å². The van der Waals surface area contributed by atoms with Crippen LogP contribution >= 0.6 is 0 Å². The van der Waals surface area contributed by atoms with Crippen molar-refractivity contribution in [3.63, 3.8) is 0 Å². The Morgan fingerprint density at radius 2 is 1.79 bits per heavy atom. The van der Waals surface area contributed by atoms with Gasteiger partial charge in [0.1, 0.15) is 6.29 Å². The molecule has 2 saturated carbocycles. The molecule has 0 amide bonds. The number of carbonyl (C=O) groups is 1. The van der Waals surface area contributed by atoms with Gasteiger partial charge in [-0.2, -0.15) is 0 Å². The molecular formula is C25H44O3Si. The third-order valence-corrected chi connectivity index (χ3v) is 14.2. The lowest BCUT2D eigenvalue weighted by Crippen LogP contribution is -2.62. The minimum atomic E-state index is -1.83. The van der Waals surface area contributed by atoms with Gasteiger partial charge in [0.2, 0.25) is 0 Å². The van der Waals surface area contributed by atoms with Crippen LogP contribution in [0.4, 0.5) is 0 Å². The molecular weight excluding hydrogens is 376 g/mol. The number of rotatable bonds is 3. The quantitative estimate of drug-likeness (QED) is 0.451. The summed E-state index contributed by atoms with van der Waals surface area (Å²) < 4.78 is 6.99. The molecule has 0 aromatic heterocycles. The summed E-state index contributed by atoms with van der Waals surface area (Å²) in [6, 6.07) is 0. The van der Waals surface area contributed by atoms with Crippen LogP contribution in [0, 0.1) is 34.5 Å². The number of aldehydes is 1. The Morgan fingerprint density at radius 1 is 1.17 bits per heavy atom. The molecule has 0 radical (unpaired) electrons. The molecule has 3 aliphatic rings. The van der Waals surface area contributed by atoms with Crippen LogP contribution < -0.4 is 0 Å². The van der Waals surface area contributed by atoms with Crippen LogP contribution in [0.5, 0.6) is 0 Å². The molecule has 0 aromatic carbocycles. The molecule has 1 unspecified atom stereocenters. The highest BCUT2D eigenvalue weighted by Gasteiger charge is 2.61. The molecule has 3 nitrogen and oxygen atoms in total. The third kappa shape index (κ3) is 3.61. The number of allylic oxidation sites excluding steroid dienone is 1. The van der Waals surface area contributed by atoms with Crippen molar-refractivity contribution in [1.82, 2.24) is 0 Å². The Balaban J connectivity index is 1.91. The molecule has 4 heteroatoms. The van der Waals surface area contributed by atoms with Crippen molar-refractivity contribution in [2.24, 2.45) is 34.5 Å². The summed E-state index contributed by atoms with van der Waals surface area (Å²) in [7, 11) is -1.83. The fraction of sp³-hybridized carbons (Fsp3) is 0.880.